The van der Waals surface area contributed by atoms with Gasteiger partial charge in [0.15, 0.2) is 0 Å². The van der Waals surface area contributed by atoms with Gasteiger partial charge in [-0.15, -0.1) is 0 Å². The molecule has 3 rings (SSSR count). The molecule has 0 atom stereocenters. The zero-order chi connectivity index (χ0) is 27.7. The van der Waals surface area contributed by atoms with E-state index in [0.29, 0.717) is 21.3 Å². The smallest absolute Gasteiger partial charge is 0.416 e. The summed E-state index contributed by atoms with van der Waals surface area (Å²) in [6, 6.07) is 5.02. The summed E-state index contributed by atoms with van der Waals surface area (Å²) in [6.07, 6.45) is -4.67. The molecule has 1 heterocycles. The molecular formula is C21H16ClF3N4O8. The largest absolute Gasteiger partial charge is 0.465 e. The predicted octanol–water partition coefficient (Wildman–Crippen LogP) is 2.63. The SMILES string of the molecule is CCOC(=O)Cn1c(=O)n(C)c(=O)n(-c2cc(Oc3ccc(C(F)(F)F)cc3Cl)ccc2[N+](=O)[O-])c1=O. The Hall–Kier alpha value is -4.40. The molecule has 16 heteroatoms. The number of nitrogens with zero attached hydrogens (tertiary/aromatic N) is 4. The summed E-state index contributed by atoms with van der Waals surface area (Å²) in [5, 5.41) is 11.2. The van der Waals surface area contributed by atoms with Gasteiger partial charge >= 0.3 is 29.2 Å². The molecule has 196 valence electrons. The first kappa shape index (κ1) is 27.2. The van der Waals surface area contributed by atoms with Crippen LogP contribution in [0, 0.1) is 10.1 Å². The maximum atomic E-state index is 13.0. The number of hydrogen-bond acceptors (Lipinski definition) is 8. The van der Waals surface area contributed by atoms with E-state index in [0.717, 1.165) is 31.3 Å². The van der Waals surface area contributed by atoms with Crippen molar-refractivity contribution in [2.45, 2.75) is 19.6 Å². The van der Waals surface area contributed by atoms with Crippen molar-refractivity contribution in [3.05, 3.63) is 88.6 Å². The van der Waals surface area contributed by atoms with Crippen molar-refractivity contribution in [2.24, 2.45) is 7.05 Å². The molecule has 0 unspecified atom stereocenters. The van der Waals surface area contributed by atoms with Gasteiger partial charge in [0.25, 0.3) is 5.69 Å². The average molecular weight is 545 g/mol. The second-order valence-electron chi connectivity index (χ2n) is 7.29. The fraction of sp³-hybridized carbons (Fsp3) is 0.238. The van der Waals surface area contributed by atoms with Crippen molar-refractivity contribution in [3.63, 3.8) is 0 Å². The van der Waals surface area contributed by atoms with Crippen molar-refractivity contribution < 1.29 is 32.4 Å². The molecule has 3 aromatic rings. The zero-order valence-corrected chi connectivity index (χ0v) is 19.7. The summed E-state index contributed by atoms with van der Waals surface area (Å²) in [5.41, 5.74) is -6.28. The van der Waals surface area contributed by atoms with Crippen LogP contribution in [0.4, 0.5) is 18.9 Å². The summed E-state index contributed by atoms with van der Waals surface area (Å²) in [6.45, 7) is 0.535. The molecule has 0 radical (unpaired) electrons. The number of benzene rings is 2. The minimum absolute atomic E-state index is 0.0646. The van der Waals surface area contributed by atoms with Gasteiger partial charge in [0.1, 0.15) is 23.7 Å². The van der Waals surface area contributed by atoms with Crippen LogP contribution < -0.4 is 21.8 Å². The van der Waals surface area contributed by atoms with E-state index in [9.17, 15) is 42.5 Å². The molecule has 12 nitrogen and oxygen atoms in total. The van der Waals surface area contributed by atoms with Gasteiger partial charge in [-0.1, -0.05) is 11.6 Å². The summed E-state index contributed by atoms with van der Waals surface area (Å²) >= 11 is 5.88. The van der Waals surface area contributed by atoms with Gasteiger partial charge in [0, 0.05) is 19.2 Å². The lowest BCUT2D eigenvalue weighted by Gasteiger charge is -2.14. The summed E-state index contributed by atoms with van der Waals surface area (Å²) in [5.74, 6) is -1.49. The Balaban J connectivity index is 2.19. The lowest BCUT2D eigenvalue weighted by atomic mass is 10.2. The van der Waals surface area contributed by atoms with Gasteiger partial charge in [0.05, 0.1) is 22.1 Å². The van der Waals surface area contributed by atoms with Gasteiger partial charge in [-0.05, 0) is 31.2 Å². The molecule has 0 aliphatic rings. The lowest BCUT2D eigenvalue weighted by molar-refractivity contribution is -0.384. The van der Waals surface area contributed by atoms with E-state index in [4.69, 9.17) is 21.1 Å². The minimum atomic E-state index is -4.67. The molecule has 0 spiro atoms. The Kier molecular flexibility index (Phi) is 7.57. The number of esters is 1. The molecule has 0 saturated heterocycles. The Morgan fingerprint density at radius 3 is 2.32 bits per heavy atom. The second-order valence-corrected chi connectivity index (χ2v) is 7.69. The number of carbonyl (C=O) groups excluding carboxylic acids is 1. The molecule has 0 N–H and O–H groups in total. The molecule has 0 aliphatic carbocycles. The molecule has 2 aromatic carbocycles. The molecule has 1 aromatic heterocycles. The number of nitro groups is 1. The first-order valence-corrected chi connectivity index (χ1v) is 10.6. The fourth-order valence-corrected chi connectivity index (χ4v) is 3.38. The third kappa shape index (κ3) is 5.55. The highest BCUT2D eigenvalue weighted by Gasteiger charge is 2.31. The van der Waals surface area contributed by atoms with E-state index in [1.807, 2.05) is 0 Å². The van der Waals surface area contributed by atoms with Crippen LogP contribution in [-0.2, 0) is 29.3 Å². The van der Waals surface area contributed by atoms with E-state index in [2.05, 4.69) is 0 Å². The third-order valence-corrected chi connectivity index (χ3v) is 5.18. The predicted molar refractivity (Wildman–Crippen MR) is 121 cm³/mol. The van der Waals surface area contributed by atoms with E-state index in [1.54, 1.807) is 0 Å². The minimum Gasteiger partial charge on any atom is -0.465 e. The monoisotopic (exact) mass is 544 g/mol. The highest BCUT2D eigenvalue weighted by atomic mass is 35.5. The fourth-order valence-electron chi connectivity index (χ4n) is 3.16. The number of halogens is 4. The van der Waals surface area contributed by atoms with E-state index >= 15 is 0 Å². The molecule has 37 heavy (non-hydrogen) atoms. The summed E-state index contributed by atoms with van der Waals surface area (Å²) in [7, 11) is 0.983. The van der Waals surface area contributed by atoms with Crippen LogP contribution in [0.5, 0.6) is 11.5 Å². The van der Waals surface area contributed by atoms with Crippen LogP contribution in [0.15, 0.2) is 50.8 Å². The first-order chi connectivity index (χ1) is 17.3. The van der Waals surface area contributed by atoms with Crippen LogP contribution in [0.3, 0.4) is 0 Å². The standard InChI is InChI=1S/C21H16ClF3N4O8/c1-3-36-17(30)10-27-18(31)26(2)19(32)28(20(27)33)15-9-12(5-6-14(15)29(34)35)37-16-7-4-11(8-13(16)22)21(23,24)25/h4-9H,3,10H2,1-2H3. The van der Waals surface area contributed by atoms with Crippen LogP contribution in [-0.4, -0.2) is 31.2 Å². The van der Waals surface area contributed by atoms with Crippen molar-refractivity contribution in [2.75, 3.05) is 6.61 Å². The average Bonchev–Trinajstić information content (AvgIpc) is 2.81. The Bertz CT molecular complexity index is 1580. The van der Waals surface area contributed by atoms with E-state index in [1.165, 1.54) is 6.92 Å². The van der Waals surface area contributed by atoms with Crippen molar-refractivity contribution in [1.29, 1.82) is 0 Å². The van der Waals surface area contributed by atoms with E-state index in [-0.39, 0.29) is 22.7 Å². The molecule has 0 aliphatic heterocycles. The van der Waals surface area contributed by atoms with Gasteiger partial charge in [-0.3, -0.25) is 14.9 Å². The first-order valence-electron chi connectivity index (χ1n) is 10.2. The number of alkyl halides is 3. The molecule has 0 fully saturated rings. The van der Waals surface area contributed by atoms with Gasteiger partial charge < -0.3 is 9.47 Å². The Morgan fingerprint density at radius 1 is 1.08 bits per heavy atom. The number of aromatic nitrogens is 3. The number of carbonyl (C=O) groups is 1. The second kappa shape index (κ2) is 10.3. The van der Waals surface area contributed by atoms with Crippen LogP contribution >= 0.6 is 11.6 Å². The Morgan fingerprint density at radius 2 is 1.76 bits per heavy atom. The molecule has 0 amide bonds. The summed E-state index contributed by atoms with van der Waals surface area (Å²) < 4.78 is 49.9. The third-order valence-electron chi connectivity index (χ3n) is 4.88. The van der Waals surface area contributed by atoms with E-state index < -0.39 is 62.6 Å². The molecular weight excluding hydrogens is 529 g/mol. The van der Waals surface area contributed by atoms with Crippen LogP contribution in [0.1, 0.15) is 12.5 Å². The van der Waals surface area contributed by atoms with Gasteiger partial charge in [-0.2, -0.15) is 13.2 Å². The van der Waals surface area contributed by atoms with Gasteiger partial charge in [-0.25, -0.2) is 28.1 Å². The van der Waals surface area contributed by atoms with Crippen molar-refractivity contribution in [3.8, 4) is 17.2 Å². The number of nitro benzene ring substituents is 1. The maximum absolute atomic E-state index is 13.0. The highest BCUT2D eigenvalue weighted by Crippen LogP contribution is 2.37. The van der Waals surface area contributed by atoms with Crippen molar-refractivity contribution in [1.82, 2.24) is 13.7 Å². The topological polar surface area (TPSA) is 145 Å². The number of ether oxygens (including phenoxy) is 2. The van der Waals surface area contributed by atoms with Crippen LogP contribution in [0.25, 0.3) is 5.69 Å². The maximum Gasteiger partial charge on any atom is 0.416 e. The quantitative estimate of drug-likeness (QED) is 0.251. The summed E-state index contributed by atoms with van der Waals surface area (Å²) in [4.78, 5) is 60.9. The Labute approximate surface area is 208 Å². The highest BCUT2D eigenvalue weighted by molar-refractivity contribution is 6.32. The van der Waals surface area contributed by atoms with Gasteiger partial charge in [0.2, 0.25) is 0 Å². The normalized spacial score (nSPS) is 11.3. The number of rotatable bonds is 7. The molecule has 0 bridgehead atoms. The lowest BCUT2D eigenvalue weighted by Crippen LogP contribution is -2.54. The number of hydrogen-bond donors (Lipinski definition) is 0. The van der Waals surface area contributed by atoms with Crippen molar-refractivity contribution >= 4 is 23.3 Å². The van der Waals surface area contributed by atoms with Crippen LogP contribution in [0.2, 0.25) is 5.02 Å². The molecule has 0 saturated carbocycles. The zero-order valence-electron chi connectivity index (χ0n) is 18.9.